The van der Waals surface area contributed by atoms with Crippen LogP contribution in [0.4, 0.5) is 11.4 Å². The number of hydrogen-bond acceptors (Lipinski definition) is 4. The molecule has 1 aliphatic rings. The Hall–Kier alpha value is -4.39. The number of fused-ring (bicyclic) bond motifs is 3. The van der Waals surface area contributed by atoms with Crippen LogP contribution in [0.25, 0.3) is 11.3 Å². The van der Waals surface area contributed by atoms with E-state index < -0.39 is 0 Å². The molecular formula is C28H26N4O3. The van der Waals surface area contributed by atoms with E-state index in [2.05, 4.69) is 15.3 Å². The van der Waals surface area contributed by atoms with Crippen LogP contribution in [-0.4, -0.2) is 35.4 Å². The first-order valence-electron chi connectivity index (χ1n) is 11.5. The number of nitrogens with zero attached hydrogens (tertiary/aromatic N) is 2. The zero-order chi connectivity index (χ0) is 24.4. The smallest absolute Gasteiger partial charge is 0.258 e. The third-order valence-electron chi connectivity index (χ3n) is 6.12. The molecule has 0 unspecified atom stereocenters. The molecule has 0 aliphatic carbocycles. The summed E-state index contributed by atoms with van der Waals surface area (Å²) in [7, 11) is 1.55. The summed E-state index contributed by atoms with van der Waals surface area (Å²) in [6, 6.07) is 22.4. The van der Waals surface area contributed by atoms with Crippen molar-refractivity contribution in [3.05, 3.63) is 95.4 Å². The molecule has 0 bridgehead atoms. The number of nitrogens with one attached hydrogen (secondary N) is 2. The summed E-state index contributed by atoms with van der Waals surface area (Å²) in [5.74, 6) is 1.09. The van der Waals surface area contributed by atoms with E-state index in [4.69, 9.17) is 4.74 Å². The second kappa shape index (κ2) is 9.46. The molecule has 0 radical (unpaired) electrons. The van der Waals surface area contributed by atoms with Gasteiger partial charge in [-0.2, -0.15) is 0 Å². The van der Waals surface area contributed by atoms with Crippen LogP contribution in [0, 0.1) is 6.92 Å². The van der Waals surface area contributed by atoms with Crippen molar-refractivity contribution in [2.45, 2.75) is 19.8 Å². The number of H-pyrrole nitrogens is 1. The minimum Gasteiger partial charge on any atom is -0.496 e. The van der Waals surface area contributed by atoms with Crippen LogP contribution in [0.15, 0.2) is 72.8 Å². The first kappa shape index (κ1) is 22.4. The average molecular weight is 467 g/mol. The molecule has 176 valence electrons. The molecule has 0 spiro atoms. The fraction of sp³-hybridized carbons (Fsp3) is 0.179. The Labute approximate surface area is 203 Å². The SMILES string of the molecule is COc1cc(C(=O)N2CCc3[nH]c(C)nc3-c3ccccc32)ccc1CC(=O)Nc1ccccc1. The van der Waals surface area contributed by atoms with Gasteiger partial charge in [0.15, 0.2) is 0 Å². The van der Waals surface area contributed by atoms with E-state index in [9.17, 15) is 9.59 Å². The van der Waals surface area contributed by atoms with E-state index in [0.717, 1.165) is 34.2 Å². The number of aromatic nitrogens is 2. The lowest BCUT2D eigenvalue weighted by Gasteiger charge is -2.23. The molecule has 7 heteroatoms. The molecule has 0 saturated carbocycles. The molecule has 0 saturated heterocycles. The standard InChI is InChI=1S/C28H26N4O3/c1-18-29-23-14-15-32(24-11-7-6-10-22(24)27(23)30-18)28(34)20-13-12-19(25(16-20)35-2)17-26(33)31-21-8-4-3-5-9-21/h3-13,16H,14-15,17H2,1-2H3,(H,29,30)(H,31,33). The summed E-state index contributed by atoms with van der Waals surface area (Å²) in [4.78, 5) is 36.0. The van der Waals surface area contributed by atoms with E-state index in [1.54, 1.807) is 30.2 Å². The number of anilines is 2. The van der Waals surface area contributed by atoms with Crippen LogP contribution in [0.2, 0.25) is 0 Å². The van der Waals surface area contributed by atoms with Crippen LogP contribution in [0.5, 0.6) is 5.75 Å². The van der Waals surface area contributed by atoms with Crippen molar-refractivity contribution in [1.29, 1.82) is 0 Å². The maximum Gasteiger partial charge on any atom is 0.258 e. The van der Waals surface area contributed by atoms with Gasteiger partial charge < -0.3 is 19.9 Å². The Balaban J connectivity index is 1.40. The summed E-state index contributed by atoms with van der Waals surface area (Å²) in [6.45, 7) is 2.46. The summed E-state index contributed by atoms with van der Waals surface area (Å²) in [6.07, 6.45) is 0.810. The van der Waals surface area contributed by atoms with Gasteiger partial charge in [-0.1, -0.05) is 42.5 Å². The van der Waals surface area contributed by atoms with Crippen molar-refractivity contribution < 1.29 is 14.3 Å². The summed E-state index contributed by atoms with van der Waals surface area (Å²) >= 11 is 0. The highest BCUT2D eigenvalue weighted by atomic mass is 16.5. The first-order chi connectivity index (χ1) is 17.0. The van der Waals surface area contributed by atoms with Crippen molar-refractivity contribution in [2.24, 2.45) is 0 Å². The molecule has 5 rings (SSSR count). The second-order valence-corrected chi connectivity index (χ2v) is 8.49. The highest BCUT2D eigenvalue weighted by Gasteiger charge is 2.27. The topological polar surface area (TPSA) is 87.3 Å². The first-order valence-corrected chi connectivity index (χ1v) is 11.5. The van der Waals surface area contributed by atoms with Gasteiger partial charge in [-0.05, 0) is 37.3 Å². The molecule has 0 atom stereocenters. The van der Waals surface area contributed by atoms with Crippen molar-refractivity contribution in [3.8, 4) is 17.0 Å². The molecule has 2 heterocycles. The molecule has 1 aromatic heterocycles. The van der Waals surface area contributed by atoms with Gasteiger partial charge in [0.2, 0.25) is 5.91 Å². The Morgan fingerprint density at radius 2 is 1.83 bits per heavy atom. The molecule has 4 aromatic rings. The fourth-order valence-electron chi connectivity index (χ4n) is 4.49. The number of hydrogen-bond donors (Lipinski definition) is 2. The quantitative estimate of drug-likeness (QED) is 0.443. The van der Waals surface area contributed by atoms with Gasteiger partial charge >= 0.3 is 0 Å². The second-order valence-electron chi connectivity index (χ2n) is 8.49. The van der Waals surface area contributed by atoms with Crippen molar-refractivity contribution in [3.63, 3.8) is 0 Å². The minimum atomic E-state index is -0.154. The van der Waals surface area contributed by atoms with Crippen molar-refractivity contribution in [1.82, 2.24) is 9.97 Å². The van der Waals surface area contributed by atoms with Crippen LogP contribution < -0.4 is 15.0 Å². The number of imidazole rings is 1. The van der Waals surface area contributed by atoms with Crippen molar-refractivity contribution in [2.75, 3.05) is 23.9 Å². The lowest BCUT2D eigenvalue weighted by atomic mass is 10.0. The van der Waals surface area contributed by atoms with E-state index in [0.29, 0.717) is 29.8 Å². The predicted molar refractivity (Wildman–Crippen MR) is 136 cm³/mol. The molecular weight excluding hydrogens is 440 g/mol. The van der Waals surface area contributed by atoms with Crippen LogP contribution >= 0.6 is 0 Å². The predicted octanol–water partition coefficient (Wildman–Crippen LogP) is 4.78. The van der Waals surface area contributed by atoms with E-state index in [1.165, 1.54) is 0 Å². The number of carbonyl (C=O) groups excluding carboxylic acids is 2. The van der Waals surface area contributed by atoms with Crippen LogP contribution in [-0.2, 0) is 17.6 Å². The van der Waals surface area contributed by atoms with Gasteiger partial charge in [0.25, 0.3) is 5.91 Å². The number of carbonyl (C=O) groups is 2. The Morgan fingerprint density at radius 1 is 1.06 bits per heavy atom. The number of methoxy groups -OCH3 is 1. The van der Waals surface area contributed by atoms with Gasteiger partial charge in [0, 0.05) is 41.0 Å². The van der Waals surface area contributed by atoms with Crippen molar-refractivity contribution >= 4 is 23.2 Å². The third-order valence-corrected chi connectivity index (χ3v) is 6.12. The summed E-state index contributed by atoms with van der Waals surface area (Å²) < 4.78 is 5.55. The highest BCUT2D eigenvalue weighted by molar-refractivity contribution is 6.08. The average Bonchev–Trinajstić information content (AvgIpc) is 3.18. The molecule has 2 N–H and O–H groups in total. The number of rotatable bonds is 5. The lowest BCUT2D eigenvalue weighted by Crippen LogP contribution is -2.32. The van der Waals surface area contributed by atoms with Gasteiger partial charge in [-0.25, -0.2) is 4.98 Å². The Bertz CT molecular complexity index is 1390. The largest absolute Gasteiger partial charge is 0.496 e. The van der Waals surface area contributed by atoms with Crippen LogP contribution in [0.3, 0.4) is 0 Å². The molecule has 3 aromatic carbocycles. The molecule has 35 heavy (non-hydrogen) atoms. The molecule has 1 aliphatic heterocycles. The number of benzene rings is 3. The summed E-state index contributed by atoms with van der Waals surface area (Å²) in [5.41, 5.74) is 5.62. The molecule has 2 amide bonds. The number of aromatic amines is 1. The third kappa shape index (κ3) is 4.53. The van der Waals surface area contributed by atoms with Gasteiger partial charge in [-0.3, -0.25) is 9.59 Å². The maximum absolute atomic E-state index is 13.7. The number of aryl methyl sites for hydroxylation is 1. The van der Waals surface area contributed by atoms with Gasteiger partial charge in [0.1, 0.15) is 11.6 Å². The monoisotopic (exact) mass is 466 g/mol. The number of amides is 2. The molecule has 0 fully saturated rings. The van der Waals surface area contributed by atoms with Gasteiger partial charge in [-0.15, -0.1) is 0 Å². The Morgan fingerprint density at radius 3 is 2.63 bits per heavy atom. The van der Waals surface area contributed by atoms with E-state index >= 15 is 0 Å². The zero-order valence-corrected chi connectivity index (χ0v) is 19.7. The van der Waals surface area contributed by atoms with E-state index in [-0.39, 0.29) is 18.2 Å². The molecule has 7 nitrogen and oxygen atoms in total. The number of para-hydroxylation sites is 2. The van der Waals surface area contributed by atoms with Gasteiger partial charge in [0.05, 0.1) is 24.9 Å². The van der Waals surface area contributed by atoms with E-state index in [1.807, 2.05) is 61.5 Å². The van der Waals surface area contributed by atoms with Crippen LogP contribution in [0.1, 0.15) is 27.4 Å². The fourth-order valence-corrected chi connectivity index (χ4v) is 4.49. The zero-order valence-electron chi connectivity index (χ0n) is 19.7. The number of ether oxygens (including phenoxy) is 1. The Kier molecular flexibility index (Phi) is 6.06. The normalized spacial score (nSPS) is 12.3. The minimum absolute atomic E-state index is 0.127. The summed E-state index contributed by atoms with van der Waals surface area (Å²) in [5, 5.41) is 2.88. The lowest BCUT2D eigenvalue weighted by molar-refractivity contribution is -0.115. The highest BCUT2D eigenvalue weighted by Crippen LogP contribution is 2.36. The maximum atomic E-state index is 13.7.